The van der Waals surface area contributed by atoms with Crippen LogP contribution in [0.15, 0.2) is 34.5 Å². The molecule has 0 spiro atoms. The van der Waals surface area contributed by atoms with Gasteiger partial charge in [0.1, 0.15) is 0 Å². The lowest BCUT2D eigenvalue weighted by Gasteiger charge is -2.10. The highest BCUT2D eigenvalue weighted by Crippen LogP contribution is 2.18. The molecule has 1 heterocycles. The summed E-state index contributed by atoms with van der Waals surface area (Å²) in [4.78, 5) is 27.1. The fourth-order valence-corrected chi connectivity index (χ4v) is 4.52. The lowest BCUT2D eigenvalue weighted by atomic mass is 10.2. The number of aromatic nitrogens is 1. The van der Waals surface area contributed by atoms with E-state index in [0.717, 1.165) is 0 Å². The molecule has 0 saturated heterocycles. The Hall–Kier alpha value is -2.26. The highest BCUT2D eigenvalue weighted by atomic mass is 32.2. The van der Waals surface area contributed by atoms with E-state index in [2.05, 4.69) is 10.3 Å². The van der Waals surface area contributed by atoms with Crippen LogP contribution in [-0.2, 0) is 16.3 Å². The van der Waals surface area contributed by atoms with Gasteiger partial charge in [-0.1, -0.05) is 19.1 Å². The van der Waals surface area contributed by atoms with Gasteiger partial charge < -0.3 is 10.4 Å². The topological polar surface area (TPSA) is 113 Å². The first-order valence-electron chi connectivity index (χ1n) is 7.63. The second-order valence-corrected chi connectivity index (χ2v) is 8.27. The summed E-state index contributed by atoms with van der Waals surface area (Å²) in [5, 5.41) is 13.5. The van der Waals surface area contributed by atoms with Crippen LogP contribution in [0.2, 0.25) is 0 Å². The van der Waals surface area contributed by atoms with Gasteiger partial charge in [-0.05, 0) is 18.6 Å². The number of carboxylic acid groups (broad SMARTS) is 1. The number of hydrogen-bond donors (Lipinski definition) is 2. The van der Waals surface area contributed by atoms with E-state index >= 15 is 0 Å². The fraction of sp³-hybridized carbons (Fsp3) is 0.312. The first-order chi connectivity index (χ1) is 11.8. The first-order valence-corrected chi connectivity index (χ1v) is 10.2. The lowest BCUT2D eigenvalue weighted by Crippen LogP contribution is -2.27. The molecular weight excluding hydrogens is 364 g/mol. The Balaban J connectivity index is 2.05. The van der Waals surface area contributed by atoms with Crippen molar-refractivity contribution in [3.63, 3.8) is 0 Å². The number of carbonyl (C=O) groups excluding carboxylic acids is 1. The summed E-state index contributed by atoms with van der Waals surface area (Å²) < 4.78 is 24.6. The minimum absolute atomic E-state index is 0.0195. The van der Waals surface area contributed by atoms with Crippen LogP contribution in [-0.4, -0.2) is 42.7 Å². The molecule has 0 bridgehead atoms. The van der Waals surface area contributed by atoms with Crippen LogP contribution in [0.4, 0.5) is 0 Å². The number of carbonyl (C=O) groups is 2. The van der Waals surface area contributed by atoms with Crippen LogP contribution >= 0.6 is 11.3 Å². The van der Waals surface area contributed by atoms with Crippen molar-refractivity contribution < 1.29 is 23.1 Å². The molecule has 9 heteroatoms. The van der Waals surface area contributed by atoms with Crippen molar-refractivity contribution in [2.75, 3.05) is 12.3 Å². The van der Waals surface area contributed by atoms with Crippen LogP contribution < -0.4 is 5.32 Å². The van der Waals surface area contributed by atoms with Crippen LogP contribution in [0.3, 0.4) is 0 Å². The molecule has 0 fully saturated rings. The molecule has 2 N–H and O–H groups in total. The number of hydrogen-bond acceptors (Lipinski definition) is 6. The van der Waals surface area contributed by atoms with Crippen LogP contribution in [0.25, 0.3) is 0 Å². The number of sulfone groups is 1. The zero-order valence-corrected chi connectivity index (χ0v) is 15.2. The Labute approximate surface area is 149 Å². The fourth-order valence-electron chi connectivity index (χ4n) is 2.21. The lowest BCUT2D eigenvalue weighted by molar-refractivity contribution is 0.0690. The molecule has 1 aromatic heterocycles. The molecule has 0 aliphatic carbocycles. The van der Waals surface area contributed by atoms with Gasteiger partial charge in [-0.2, -0.15) is 0 Å². The Bertz CT molecular complexity index is 874. The van der Waals surface area contributed by atoms with Crippen molar-refractivity contribution in [3.8, 4) is 0 Å². The van der Waals surface area contributed by atoms with E-state index in [0.29, 0.717) is 17.8 Å². The standard InChI is InChI=1S/C16H18N2O5S2/c1-2-9-25(22,23)13-6-4-3-5-11(13)15(19)17-8-7-14-18-12(10-24-14)16(20)21/h3-6,10H,2,7-9H2,1H3,(H,17,19)(H,20,21). The summed E-state index contributed by atoms with van der Waals surface area (Å²) in [6, 6.07) is 6.10. The smallest absolute Gasteiger partial charge is 0.355 e. The summed E-state index contributed by atoms with van der Waals surface area (Å²) >= 11 is 1.20. The van der Waals surface area contributed by atoms with Gasteiger partial charge in [0.15, 0.2) is 15.5 Å². The molecule has 1 amide bonds. The SMILES string of the molecule is CCCS(=O)(=O)c1ccccc1C(=O)NCCc1nc(C(=O)O)cs1. The highest BCUT2D eigenvalue weighted by Gasteiger charge is 2.21. The molecule has 134 valence electrons. The molecule has 7 nitrogen and oxygen atoms in total. The van der Waals surface area contributed by atoms with Crippen LogP contribution in [0.5, 0.6) is 0 Å². The summed E-state index contributed by atoms with van der Waals surface area (Å²) in [6.07, 6.45) is 0.835. The van der Waals surface area contributed by atoms with Gasteiger partial charge in [-0.25, -0.2) is 18.2 Å². The molecule has 2 rings (SSSR count). The zero-order chi connectivity index (χ0) is 18.4. The van der Waals surface area contributed by atoms with Gasteiger partial charge >= 0.3 is 5.97 Å². The summed E-state index contributed by atoms with van der Waals surface area (Å²) in [5.74, 6) is -1.60. The Morgan fingerprint density at radius 1 is 1.28 bits per heavy atom. The zero-order valence-electron chi connectivity index (χ0n) is 13.6. The van der Waals surface area contributed by atoms with Gasteiger partial charge in [-0.3, -0.25) is 4.79 Å². The minimum atomic E-state index is -3.51. The number of carboxylic acids is 1. The van der Waals surface area contributed by atoms with E-state index in [-0.39, 0.29) is 28.5 Å². The molecule has 0 saturated carbocycles. The monoisotopic (exact) mass is 382 g/mol. The number of thiazole rings is 1. The van der Waals surface area contributed by atoms with Crippen molar-refractivity contribution in [2.24, 2.45) is 0 Å². The average Bonchev–Trinajstić information content (AvgIpc) is 3.04. The van der Waals surface area contributed by atoms with E-state index in [1.807, 2.05) is 0 Å². The van der Waals surface area contributed by atoms with E-state index in [9.17, 15) is 18.0 Å². The Kier molecular flexibility index (Phi) is 6.27. The summed E-state index contributed by atoms with van der Waals surface area (Å²) in [5.41, 5.74) is 0.0867. The molecule has 0 aliphatic heterocycles. The molecule has 25 heavy (non-hydrogen) atoms. The van der Waals surface area contributed by atoms with E-state index < -0.39 is 21.7 Å². The molecule has 2 aromatic rings. The largest absolute Gasteiger partial charge is 0.476 e. The van der Waals surface area contributed by atoms with Crippen molar-refractivity contribution in [1.29, 1.82) is 0 Å². The van der Waals surface area contributed by atoms with Crippen LogP contribution in [0, 0.1) is 0 Å². The van der Waals surface area contributed by atoms with E-state index in [1.165, 1.54) is 28.8 Å². The number of amides is 1. The summed E-state index contributed by atoms with van der Waals surface area (Å²) in [6.45, 7) is 1.99. The van der Waals surface area contributed by atoms with Gasteiger partial charge in [0.25, 0.3) is 5.91 Å². The number of aromatic carboxylic acids is 1. The maximum atomic E-state index is 12.3. The van der Waals surface area contributed by atoms with E-state index in [1.54, 1.807) is 19.1 Å². The van der Waals surface area contributed by atoms with Crippen molar-refractivity contribution >= 4 is 33.1 Å². The maximum Gasteiger partial charge on any atom is 0.355 e. The second-order valence-electron chi connectivity index (χ2n) is 5.25. The first kappa shape index (κ1) is 19.1. The second kappa shape index (κ2) is 8.21. The third kappa shape index (κ3) is 4.86. The third-order valence-corrected chi connectivity index (χ3v) is 6.22. The molecule has 0 unspecified atom stereocenters. The number of nitrogens with zero attached hydrogens (tertiary/aromatic N) is 1. The quantitative estimate of drug-likeness (QED) is 0.722. The summed E-state index contributed by atoms with van der Waals surface area (Å²) in [7, 11) is -3.51. The number of rotatable bonds is 8. The van der Waals surface area contributed by atoms with Crippen molar-refractivity contribution in [3.05, 3.63) is 45.9 Å². The highest BCUT2D eigenvalue weighted by molar-refractivity contribution is 7.91. The average molecular weight is 382 g/mol. The normalized spacial score (nSPS) is 11.2. The van der Waals surface area contributed by atoms with E-state index in [4.69, 9.17) is 5.11 Å². The Morgan fingerprint density at radius 2 is 2.00 bits per heavy atom. The number of benzene rings is 1. The maximum absolute atomic E-state index is 12.3. The van der Waals surface area contributed by atoms with Gasteiger partial charge in [-0.15, -0.1) is 11.3 Å². The van der Waals surface area contributed by atoms with Gasteiger partial charge in [0, 0.05) is 18.3 Å². The third-order valence-electron chi connectivity index (χ3n) is 3.33. The van der Waals surface area contributed by atoms with Gasteiger partial charge in [0.05, 0.1) is 21.2 Å². The Morgan fingerprint density at radius 3 is 2.64 bits per heavy atom. The van der Waals surface area contributed by atoms with Crippen molar-refractivity contribution in [2.45, 2.75) is 24.7 Å². The minimum Gasteiger partial charge on any atom is -0.476 e. The molecule has 1 aromatic carbocycles. The number of nitrogens with one attached hydrogen (secondary N) is 1. The molecule has 0 radical (unpaired) electrons. The molecule has 0 aliphatic rings. The molecule has 0 atom stereocenters. The van der Waals surface area contributed by atoms with Crippen LogP contribution in [0.1, 0.15) is 39.2 Å². The predicted molar refractivity (Wildman–Crippen MR) is 93.9 cm³/mol. The van der Waals surface area contributed by atoms with Crippen molar-refractivity contribution in [1.82, 2.24) is 10.3 Å². The van der Waals surface area contributed by atoms with Gasteiger partial charge in [0.2, 0.25) is 0 Å². The molecular formula is C16H18N2O5S2. The predicted octanol–water partition coefficient (Wildman–Crippen LogP) is 2.00.